The second-order valence-electron chi connectivity index (χ2n) is 4.79. The normalized spacial score (nSPS) is 24.1. The summed E-state index contributed by atoms with van der Waals surface area (Å²) in [5.74, 6) is -0.220. The SMILES string of the molecule is CCC1(C)NC(=O)CN(c2cnccc2C)C1=O. The lowest BCUT2D eigenvalue weighted by Crippen LogP contribution is -2.65. The Morgan fingerprint density at radius 2 is 2.22 bits per heavy atom. The van der Waals surface area contributed by atoms with Crippen LogP contribution in [0.3, 0.4) is 0 Å². The first-order chi connectivity index (χ1) is 8.48. The Hall–Kier alpha value is -1.91. The number of carbonyl (C=O) groups excluding carboxylic acids is 2. The van der Waals surface area contributed by atoms with Crippen molar-refractivity contribution in [2.75, 3.05) is 11.4 Å². The Kier molecular flexibility index (Phi) is 3.07. The van der Waals surface area contributed by atoms with Gasteiger partial charge in [-0.05, 0) is 31.9 Å². The van der Waals surface area contributed by atoms with E-state index in [1.807, 2.05) is 19.9 Å². The van der Waals surface area contributed by atoms with Gasteiger partial charge >= 0.3 is 0 Å². The average Bonchev–Trinajstić information content (AvgIpc) is 2.35. The van der Waals surface area contributed by atoms with E-state index in [-0.39, 0.29) is 18.4 Å². The van der Waals surface area contributed by atoms with Gasteiger partial charge in [-0.3, -0.25) is 19.5 Å². The van der Waals surface area contributed by atoms with Crippen LogP contribution in [0, 0.1) is 6.92 Å². The zero-order chi connectivity index (χ0) is 13.3. The van der Waals surface area contributed by atoms with Crippen LogP contribution in [-0.4, -0.2) is 28.9 Å². The molecule has 0 aliphatic carbocycles. The van der Waals surface area contributed by atoms with Gasteiger partial charge in [-0.15, -0.1) is 0 Å². The topological polar surface area (TPSA) is 62.3 Å². The summed E-state index contributed by atoms with van der Waals surface area (Å²) in [5, 5.41) is 2.76. The molecule has 18 heavy (non-hydrogen) atoms. The van der Waals surface area contributed by atoms with E-state index in [9.17, 15) is 9.59 Å². The van der Waals surface area contributed by atoms with Crippen LogP contribution in [0.5, 0.6) is 0 Å². The zero-order valence-electron chi connectivity index (χ0n) is 10.9. The lowest BCUT2D eigenvalue weighted by Gasteiger charge is -2.39. The molecule has 1 aromatic rings. The van der Waals surface area contributed by atoms with Gasteiger partial charge in [-0.1, -0.05) is 6.92 Å². The van der Waals surface area contributed by atoms with Crippen molar-refractivity contribution in [2.24, 2.45) is 0 Å². The fraction of sp³-hybridized carbons (Fsp3) is 0.462. The minimum absolute atomic E-state index is 0.0565. The van der Waals surface area contributed by atoms with Gasteiger partial charge in [-0.25, -0.2) is 0 Å². The van der Waals surface area contributed by atoms with E-state index in [1.165, 1.54) is 4.90 Å². The minimum Gasteiger partial charge on any atom is -0.340 e. The fourth-order valence-corrected chi connectivity index (χ4v) is 2.09. The number of aryl methyl sites for hydroxylation is 1. The smallest absolute Gasteiger partial charge is 0.252 e. The number of hydrogen-bond acceptors (Lipinski definition) is 3. The van der Waals surface area contributed by atoms with Crippen molar-refractivity contribution in [1.82, 2.24) is 10.3 Å². The van der Waals surface area contributed by atoms with Gasteiger partial charge in [-0.2, -0.15) is 0 Å². The Labute approximate surface area is 106 Å². The first-order valence-electron chi connectivity index (χ1n) is 6.01. The fourth-order valence-electron chi connectivity index (χ4n) is 2.09. The van der Waals surface area contributed by atoms with Crippen LogP contribution in [0.25, 0.3) is 0 Å². The number of amides is 2. The van der Waals surface area contributed by atoms with E-state index < -0.39 is 5.54 Å². The van der Waals surface area contributed by atoms with E-state index in [0.717, 1.165) is 5.56 Å². The summed E-state index contributed by atoms with van der Waals surface area (Å²) in [7, 11) is 0. The van der Waals surface area contributed by atoms with Crippen molar-refractivity contribution in [1.29, 1.82) is 0 Å². The van der Waals surface area contributed by atoms with Crippen LogP contribution in [0.15, 0.2) is 18.5 Å². The number of rotatable bonds is 2. The molecule has 1 N–H and O–H groups in total. The third-order valence-corrected chi connectivity index (χ3v) is 3.44. The van der Waals surface area contributed by atoms with Crippen LogP contribution in [0.1, 0.15) is 25.8 Å². The third kappa shape index (κ3) is 1.96. The molecular weight excluding hydrogens is 230 g/mol. The number of carbonyl (C=O) groups is 2. The molecule has 1 aliphatic rings. The standard InChI is InChI=1S/C13H17N3O2/c1-4-13(3)12(18)16(8-11(17)15-13)10-7-14-6-5-9(10)2/h5-7H,4,8H2,1-3H3,(H,15,17). The molecule has 0 saturated carbocycles. The van der Waals surface area contributed by atoms with Gasteiger partial charge in [0.1, 0.15) is 12.1 Å². The molecule has 2 heterocycles. The number of hydrogen-bond donors (Lipinski definition) is 1. The predicted octanol–water partition coefficient (Wildman–Crippen LogP) is 1.02. The summed E-state index contributed by atoms with van der Waals surface area (Å²) in [6.45, 7) is 5.60. The van der Waals surface area contributed by atoms with E-state index >= 15 is 0 Å². The molecule has 1 saturated heterocycles. The van der Waals surface area contributed by atoms with Crippen LogP contribution in [0.4, 0.5) is 5.69 Å². The van der Waals surface area contributed by atoms with Crippen LogP contribution < -0.4 is 10.2 Å². The molecule has 1 unspecified atom stereocenters. The van der Waals surface area contributed by atoms with Gasteiger partial charge in [0.25, 0.3) is 5.91 Å². The molecular formula is C13H17N3O2. The summed E-state index contributed by atoms with van der Waals surface area (Å²) in [6.07, 6.45) is 3.86. The summed E-state index contributed by atoms with van der Waals surface area (Å²) >= 11 is 0. The lowest BCUT2D eigenvalue weighted by molar-refractivity contribution is -0.135. The van der Waals surface area contributed by atoms with Crippen LogP contribution in [-0.2, 0) is 9.59 Å². The molecule has 0 radical (unpaired) electrons. The largest absolute Gasteiger partial charge is 0.340 e. The molecule has 2 rings (SSSR count). The zero-order valence-corrected chi connectivity index (χ0v) is 10.9. The maximum absolute atomic E-state index is 12.5. The van der Waals surface area contributed by atoms with Crippen molar-refractivity contribution < 1.29 is 9.59 Å². The highest BCUT2D eigenvalue weighted by molar-refractivity contribution is 6.09. The van der Waals surface area contributed by atoms with Crippen molar-refractivity contribution >= 4 is 17.5 Å². The Bertz CT molecular complexity index is 501. The minimum atomic E-state index is -0.822. The van der Waals surface area contributed by atoms with E-state index in [2.05, 4.69) is 10.3 Å². The van der Waals surface area contributed by atoms with Crippen molar-refractivity contribution in [3.63, 3.8) is 0 Å². The van der Waals surface area contributed by atoms with Gasteiger partial charge in [0.2, 0.25) is 5.91 Å². The van der Waals surface area contributed by atoms with Crippen LogP contribution >= 0.6 is 0 Å². The van der Waals surface area contributed by atoms with E-state index in [4.69, 9.17) is 0 Å². The van der Waals surface area contributed by atoms with Gasteiger partial charge in [0.15, 0.2) is 0 Å². The molecule has 1 fully saturated rings. The van der Waals surface area contributed by atoms with E-state index in [0.29, 0.717) is 12.1 Å². The molecule has 5 nitrogen and oxygen atoms in total. The number of nitrogens with zero attached hydrogens (tertiary/aromatic N) is 2. The number of nitrogens with one attached hydrogen (secondary N) is 1. The van der Waals surface area contributed by atoms with Crippen molar-refractivity contribution in [2.45, 2.75) is 32.7 Å². The number of piperazine rings is 1. The molecule has 0 aromatic carbocycles. The summed E-state index contributed by atoms with van der Waals surface area (Å²) in [6, 6.07) is 1.83. The van der Waals surface area contributed by atoms with Crippen molar-refractivity contribution in [3.8, 4) is 0 Å². The molecule has 1 aliphatic heterocycles. The molecule has 2 amide bonds. The predicted molar refractivity (Wildman–Crippen MR) is 68.2 cm³/mol. The highest BCUT2D eigenvalue weighted by Gasteiger charge is 2.42. The van der Waals surface area contributed by atoms with Gasteiger partial charge in [0, 0.05) is 6.20 Å². The molecule has 0 spiro atoms. The first kappa shape index (κ1) is 12.5. The summed E-state index contributed by atoms with van der Waals surface area (Å²) in [5.41, 5.74) is 0.820. The Balaban J connectivity index is 2.42. The first-order valence-corrected chi connectivity index (χ1v) is 6.01. The van der Waals surface area contributed by atoms with Crippen molar-refractivity contribution in [3.05, 3.63) is 24.0 Å². The number of anilines is 1. The van der Waals surface area contributed by atoms with Crippen LogP contribution in [0.2, 0.25) is 0 Å². The molecule has 1 atom stereocenters. The molecule has 5 heteroatoms. The maximum atomic E-state index is 12.5. The van der Waals surface area contributed by atoms with E-state index in [1.54, 1.807) is 19.3 Å². The maximum Gasteiger partial charge on any atom is 0.252 e. The highest BCUT2D eigenvalue weighted by Crippen LogP contribution is 2.25. The molecule has 96 valence electrons. The quantitative estimate of drug-likeness (QED) is 0.848. The highest BCUT2D eigenvalue weighted by atomic mass is 16.2. The number of pyridine rings is 1. The summed E-state index contributed by atoms with van der Waals surface area (Å²) in [4.78, 5) is 29.8. The molecule has 0 bridgehead atoms. The second kappa shape index (κ2) is 4.40. The average molecular weight is 247 g/mol. The monoisotopic (exact) mass is 247 g/mol. The third-order valence-electron chi connectivity index (χ3n) is 3.44. The van der Waals surface area contributed by atoms with Gasteiger partial charge in [0.05, 0.1) is 11.9 Å². The number of aromatic nitrogens is 1. The lowest BCUT2D eigenvalue weighted by atomic mass is 9.94. The van der Waals surface area contributed by atoms with Gasteiger partial charge < -0.3 is 5.32 Å². The Morgan fingerprint density at radius 3 is 2.83 bits per heavy atom. The Morgan fingerprint density at radius 1 is 1.50 bits per heavy atom. The second-order valence-corrected chi connectivity index (χ2v) is 4.79. The summed E-state index contributed by atoms with van der Waals surface area (Å²) < 4.78 is 0. The molecule has 1 aromatic heterocycles.